The fourth-order valence-electron chi connectivity index (χ4n) is 1.61. The van der Waals surface area contributed by atoms with Crippen molar-refractivity contribution in [3.8, 4) is 0 Å². The standard InChI is InChI=1S/C11H13BrN2O2/c12-8-2-3-9(13-6-8)10(15)14-7-11(16)4-1-5-11/h2-3,6,16H,1,4-5,7H2,(H,14,15). The molecular weight excluding hydrogens is 272 g/mol. The van der Waals surface area contributed by atoms with Crippen molar-refractivity contribution in [3.63, 3.8) is 0 Å². The summed E-state index contributed by atoms with van der Waals surface area (Å²) in [5.41, 5.74) is -0.323. The number of nitrogens with zero attached hydrogens (tertiary/aromatic N) is 1. The Bertz CT molecular complexity index is 387. The van der Waals surface area contributed by atoms with Crippen molar-refractivity contribution < 1.29 is 9.90 Å². The van der Waals surface area contributed by atoms with Crippen LogP contribution in [0.2, 0.25) is 0 Å². The Morgan fingerprint density at radius 1 is 1.56 bits per heavy atom. The molecule has 1 aromatic rings. The maximum Gasteiger partial charge on any atom is 0.269 e. The quantitative estimate of drug-likeness (QED) is 0.884. The maximum absolute atomic E-state index is 11.6. The fourth-order valence-corrected chi connectivity index (χ4v) is 1.84. The third-order valence-electron chi connectivity index (χ3n) is 2.82. The molecule has 1 fully saturated rings. The van der Waals surface area contributed by atoms with E-state index in [4.69, 9.17) is 0 Å². The lowest BCUT2D eigenvalue weighted by Crippen LogP contribution is -2.47. The van der Waals surface area contributed by atoms with Gasteiger partial charge < -0.3 is 10.4 Å². The number of pyridine rings is 1. The van der Waals surface area contributed by atoms with E-state index in [0.717, 1.165) is 23.7 Å². The second kappa shape index (κ2) is 4.51. The van der Waals surface area contributed by atoms with Crippen LogP contribution in [-0.2, 0) is 0 Å². The zero-order valence-corrected chi connectivity index (χ0v) is 10.3. The molecular formula is C11H13BrN2O2. The first-order valence-electron chi connectivity index (χ1n) is 5.21. The number of amides is 1. The number of nitrogens with one attached hydrogen (secondary N) is 1. The summed E-state index contributed by atoms with van der Waals surface area (Å²) in [5.74, 6) is -0.243. The maximum atomic E-state index is 11.6. The molecule has 1 amide bonds. The Balaban J connectivity index is 1.90. The summed E-state index contributed by atoms with van der Waals surface area (Å²) in [6.45, 7) is 0.309. The van der Waals surface area contributed by atoms with Crippen molar-refractivity contribution in [2.45, 2.75) is 24.9 Å². The van der Waals surface area contributed by atoms with Crippen LogP contribution in [0.5, 0.6) is 0 Å². The van der Waals surface area contributed by atoms with Crippen molar-refractivity contribution in [2.24, 2.45) is 0 Å². The zero-order chi connectivity index (χ0) is 11.6. The molecule has 1 aliphatic carbocycles. The van der Waals surface area contributed by atoms with Gasteiger partial charge in [0.2, 0.25) is 0 Å². The van der Waals surface area contributed by atoms with Crippen molar-refractivity contribution in [2.75, 3.05) is 6.54 Å². The number of halogens is 1. The topological polar surface area (TPSA) is 62.2 Å². The molecule has 1 saturated carbocycles. The highest BCUT2D eigenvalue weighted by Crippen LogP contribution is 2.30. The number of rotatable bonds is 3. The summed E-state index contributed by atoms with van der Waals surface area (Å²) in [4.78, 5) is 15.6. The first kappa shape index (κ1) is 11.5. The molecule has 0 bridgehead atoms. The molecule has 0 spiro atoms. The number of aliphatic hydroxyl groups is 1. The molecule has 2 N–H and O–H groups in total. The third kappa shape index (κ3) is 2.59. The first-order chi connectivity index (χ1) is 7.59. The fraction of sp³-hybridized carbons (Fsp3) is 0.455. The molecule has 2 rings (SSSR count). The van der Waals surface area contributed by atoms with Crippen molar-refractivity contribution in [1.82, 2.24) is 10.3 Å². The molecule has 1 aromatic heterocycles. The Kier molecular flexibility index (Phi) is 3.25. The summed E-state index contributed by atoms with van der Waals surface area (Å²) in [6.07, 6.45) is 4.14. The number of carbonyl (C=O) groups is 1. The largest absolute Gasteiger partial charge is 0.388 e. The molecule has 0 aromatic carbocycles. The highest BCUT2D eigenvalue weighted by atomic mass is 79.9. The van der Waals surface area contributed by atoms with Gasteiger partial charge in [-0.1, -0.05) is 0 Å². The first-order valence-corrected chi connectivity index (χ1v) is 6.01. The monoisotopic (exact) mass is 284 g/mol. The van der Waals surface area contributed by atoms with Gasteiger partial charge in [0, 0.05) is 17.2 Å². The highest BCUT2D eigenvalue weighted by molar-refractivity contribution is 9.10. The molecule has 0 aliphatic heterocycles. The number of hydrogen-bond donors (Lipinski definition) is 2. The van der Waals surface area contributed by atoms with E-state index in [1.165, 1.54) is 0 Å². The van der Waals surface area contributed by atoms with Gasteiger partial charge in [-0.15, -0.1) is 0 Å². The predicted octanol–water partition coefficient (Wildman–Crippen LogP) is 1.49. The molecule has 1 heterocycles. The number of aromatic nitrogens is 1. The van der Waals surface area contributed by atoms with E-state index in [9.17, 15) is 9.90 Å². The van der Waals surface area contributed by atoms with Crippen LogP contribution in [0.4, 0.5) is 0 Å². The van der Waals surface area contributed by atoms with Gasteiger partial charge in [0.25, 0.3) is 5.91 Å². The Labute approximate surface area is 102 Å². The van der Waals surface area contributed by atoms with E-state index in [1.54, 1.807) is 18.3 Å². The van der Waals surface area contributed by atoms with Gasteiger partial charge in [0.05, 0.1) is 5.60 Å². The zero-order valence-electron chi connectivity index (χ0n) is 8.74. The summed E-state index contributed by atoms with van der Waals surface area (Å²) in [7, 11) is 0. The third-order valence-corrected chi connectivity index (χ3v) is 3.29. The Morgan fingerprint density at radius 2 is 2.31 bits per heavy atom. The summed E-state index contributed by atoms with van der Waals surface area (Å²) < 4.78 is 0.835. The lowest BCUT2D eigenvalue weighted by molar-refractivity contribution is -0.0300. The van der Waals surface area contributed by atoms with E-state index >= 15 is 0 Å². The predicted molar refractivity (Wildman–Crippen MR) is 63.1 cm³/mol. The molecule has 0 saturated heterocycles. The lowest BCUT2D eigenvalue weighted by atomic mass is 9.80. The minimum atomic E-state index is -0.689. The van der Waals surface area contributed by atoms with Crippen LogP contribution in [0.3, 0.4) is 0 Å². The average molecular weight is 285 g/mol. The van der Waals surface area contributed by atoms with Crippen LogP contribution >= 0.6 is 15.9 Å². The van der Waals surface area contributed by atoms with Crippen LogP contribution in [0.1, 0.15) is 29.8 Å². The summed E-state index contributed by atoms with van der Waals surface area (Å²) in [6, 6.07) is 3.41. The van der Waals surface area contributed by atoms with Crippen molar-refractivity contribution >= 4 is 21.8 Å². The van der Waals surface area contributed by atoms with E-state index in [2.05, 4.69) is 26.2 Å². The van der Waals surface area contributed by atoms with Gasteiger partial charge in [0.15, 0.2) is 0 Å². The summed E-state index contributed by atoms with van der Waals surface area (Å²) in [5, 5.41) is 12.5. The van der Waals surface area contributed by atoms with E-state index < -0.39 is 5.60 Å². The van der Waals surface area contributed by atoms with Gasteiger partial charge in [-0.3, -0.25) is 4.79 Å². The minimum absolute atomic E-state index is 0.243. The smallest absolute Gasteiger partial charge is 0.269 e. The molecule has 4 nitrogen and oxygen atoms in total. The van der Waals surface area contributed by atoms with Crippen molar-refractivity contribution in [3.05, 3.63) is 28.5 Å². The van der Waals surface area contributed by atoms with E-state index in [-0.39, 0.29) is 5.91 Å². The van der Waals surface area contributed by atoms with Crippen molar-refractivity contribution in [1.29, 1.82) is 0 Å². The number of carbonyl (C=O) groups excluding carboxylic acids is 1. The van der Waals surface area contributed by atoms with Gasteiger partial charge in [-0.05, 0) is 47.3 Å². The molecule has 16 heavy (non-hydrogen) atoms. The molecule has 0 atom stereocenters. The molecule has 0 radical (unpaired) electrons. The molecule has 0 unspecified atom stereocenters. The number of hydrogen-bond acceptors (Lipinski definition) is 3. The van der Waals surface area contributed by atoms with Crippen LogP contribution < -0.4 is 5.32 Å². The van der Waals surface area contributed by atoms with Gasteiger partial charge in [0.1, 0.15) is 5.69 Å². The van der Waals surface area contributed by atoms with E-state index in [0.29, 0.717) is 12.2 Å². The minimum Gasteiger partial charge on any atom is -0.388 e. The molecule has 1 aliphatic rings. The second-order valence-corrected chi connectivity index (χ2v) is 5.04. The van der Waals surface area contributed by atoms with Crippen LogP contribution in [0, 0.1) is 0 Å². The molecule has 5 heteroatoms. The van der Waals surface area contributed by atoms with Crippen LogP contribution in [0.25, 0.3) is 0 Å². The van der Waals surface area contributed by atoms with Gasteiger partial charge in [-0.25, -0.2) is 4.98 Å². The summed E-state index contributed by atoms with van der Waals surface area (Å²) >= 11 is 3.25. The lowest BCUT2D eigenvalue weighted by Gasteiger charge is -2.36. The molecule has 86 valence electrons. The Hall–Kier alpha value is -0.940. The van der Waals surface area contributed by atoms with E-state index in [1.807, 2.05) is 0 Å². The normalized spacial score (nSPS) is 17.6. The van der Waals surface area contributed by atoms with Crippen LogP contribution in [-0.4, -0.2) is 28.1 Å². The van der Waals surface area contributed by atoms with Gasteiger partial charge >= 0.3 is 0 Å². The average Bonchev–Trinajstić information content (AvgIpc) is 2.24. The van der Waals surface area contributed by atoms with Crippen LogP contribution in [0.15, 0.2) is 22.8 Å². The highest BCUT2D eigenvalue weighted by Gasteiger charge is 2.34. The SMILES string of the molecule is O=C(NCC1(O)CCC1)c1ccc(Br)cn1. The van der Waals surface area contributed by atoms with Gasteiger partial charge in [-0.2, -0.15) is 0 Å². The second-order valence-electron chi connectivity index (χ2n) is 4.12. The Morgan fingerprint density at radius 3 is 2.81 bits per heavy atom.